The van der Waals surface area contributed by atoms with E-state index in [-0.39, 0.29) is 12.6 Å². The second-order valence-electron chi connectivity index (χ2n) is 6.01. The van der Waals surface area contributed by atoms with Crippen LogP contribution in [0.2, 0.25) is 0 Å². The third kappa shape index (κ3) is 5.86. The van der Waals surface area contributed by atoms with Gasteiger partial charge in [0.15, 0.2) is 0 Å². The van der Waals surface area contributed by atoms with Crippen molar-refractivity contribution in [1.29, 1.82) is 0 Å². The number of aromatic nitrogens is 1. The Morgan fingerprint density at radius 1 is 1.11 bits per heavy atom. The van der Waals surface area contributed by atoms with Crippen molar-refractivity contribution in [2.75, 3.05) is 13.2 Å². The summed E-state index contributed by atoms with van der Waals surface area (Å²) in [6.45, 7) is 1.20. The van der Waals surface area contributed by atoms with Crippen molar-refractivity contribution in [2.24, 2.45) is 0 Å². The van der Waals surface area contributed by atoms with Gasteiger partial charge in [0, 0.05) is 17.5 Å². The van der Waals surface area contributed by atoms with Crippen LogP contribution >= 0.6 is 11.3 Å². The molecule has 2 aromatic carbocycles. The fourth-order valence-corrected chi connectivity index (χ4v) is 3.36. The van der Waals surface area contributed by atoms with Gasteiger partial charge in [0.1, 0.15) is 17.4 Å². The molecule has 0 aliphatic rings. The number of rotatable bonds is 8. The number of hydrogen-bond acceptors (Lipinski definition) is 4. The molecule has 0 saturated heterocycles. The highest BCUT2D eigenvalue weighted by atomic mass is 32.1. The number of carbonyl (C=O) groups is 1. The number of amides is 2. The molecule has 5 nitrogen and oxygen atoms in total. The number of carbonyl (C=O) groups excluding carboxylic acids is 1. The molecule has 0 spiro atoms. The normalized spacial score (nSPS) is 10.1. The largest absolute Gasteiger partial charge is 0.481 e. The second-order valence-corrected chi connectivity index (χ2v) is 6.86. The van der Waals surface area contributed by atoms with E-state index in [1.165, 1.54) is 0 Å². The lowest BCUT2D eigenvalue weighted by molar-refractivity contribution is 0.240. The number of ether oxygens (including phenoxy) is 1. The van der Waals surface area contributed by atoms with Crippen LogP contribution in [-0.4, -0.2) is 24.2 Å². The molecule has 0 fully saturated rings. The first kappa shape index (κ1) is 19.5. The number of terminal acetylenes is 1. The zero-order valence-corrected chi connectivity index (χ0v) is 16.2. The van der Waals surface area contributed by atoms with Crippen LogP contribution in [0, 0.1) is 12.3 Å². The number of nitrogens with one attached hydrogen (secondary N) is 2. The lowest BCUT2D eigenvalue weighted by atomic mass is 10.1. The molecule has 0 unspecified atom stereocenters. The van der Waals surface area contributed by atoms with Crippen molar-refractivity contribution in [3.05, 3.63) is 71.2 Å². The molecule has 3 aromatic rings. The highest BCUT2D eigenvalue weighted by molar-refractivity contribution is 7.13. The number of benzene rings is 2. The van der Waals surface area contributed by atoms with Crippen LogP contribution in [0.1, 0.15) is 11.3 Å². The van der Waals surface area contributed by atoms with Gasteiger partial charge in [-0.1, -0.05) is 48.4 Å². The van der Waals surface area contributed by atoms with E-state index in [1.807, 2.05) is 60.0 Å². The summed E-state index contributed by atoms with van der Waals surface area (Å²) in [7, 11) is 0. The van der Waals surface area contributed by atoms with Crippen LogP contribution in [0.25, 0.3) is 10.6 Å². The molecule has 0 radical (unpaired) electrons. The first-order chi connectivity index (χ1) is 13.7. The van der Waals surface area contributed by atoms with Gasteiger partial charge in [-0.2, -0.15) is 0 Å². The van der Waals surface area contributed by atoms with Gasteiger partial charge in [-0.3, -0.25) is 0 Å². The summed E-state index contributed by atoms with van der Waals surface area (Å²) in [5.41, 5.74) is 3.04. The molecule has 0 saturated carbocycles. The van der Waals surface area contributed by atoms with E-state index in [0.29, 0.717) is 13.1 Å². The zero-order valence-electron chi connectivity index (χ0n) is 15.4. The van der Waals surface area contributed by atoms with Crippen LogP contribution in [0.3, 0.4) is 0 Å². The van der Waals surface area contributed by atoms with E-state index in [2.05, 4.69) is 21.5 Å². The fraction of sp³-hybridized carbons (Fsp3) is 0.182. The van der Waals surface area contributed by atoms with Crippen LogP contribution in [-0.2, 0) is 13.0 Å². The maximum atomic E-state index is 12.0. The van der Waals surface area contributed by atoms with Crippen molar-refractivity contribution in [2.45, 2.75) is 13.0 Å². The molecular weight excluding hydrogens is 370 g/mol. The highest BCUT2D eigenvalue weighted by Gasteiger charge is 2.06. The summed E-state index contributed by atoms with van der Waals surface area (Å²) in [4.78, 5) is 16.5. The topological polar surface area (TPSA) is 63.2 Å². The molecule has 0 atom stereocenters. The Hall–Kier alpha value is -3.30. The van der Waals surface area contributed by atoms with Crippen molar-refractivity contribution in [3.8, 4) is 28.7 Å². The minimum Gasteiger partial charge on any atom is -0.481 e. The van der Waals surface area contributed by atoms with E-state index >= 15 is 0 Å². The van der Waals surface area contributed by atoms with Gasteiger partial charge in [0.05, 0.1) is 12.2 Å². The smallest absolute Gasteiger partial charge is 0.315 e. The van der Waals surface area contributed by atoms with Gasteiger partial charge < -0.3 is 15.4 Å². The van der Waals surface area contributed by atoms with Gasteiger partial charge >= 0.3 is 6.03 Å². The molecule has 2 amide bonds. The van der Waals surface area contributed by atoms with Crippen LogP contribution in [0.4, 0.5) is 4.79 Å². The van der Waals surface area contributed by atoms with E-state index < -0.39 is 0 Å². The molecule has 0 aliphatic heterocycles. The zero-order chi connectivity index (χ0) is 19.6. The summed E-state index contributed by atoms with van der Waals surface area (Å²) in [5.74, 6) is 3.17. The molecule has 6 heteroatoms. The molecule has 142 valence electrons. The van der Waals surface area contributed by atoms with Gasteiger partial charge in [-0.25, -0.2) is 9.78 Å². The molecule has 2 N–H and O–H groups in total. The number of thiazole rings is 1. The van der Waals surface area contributed by atoms with E-state index in [0.717, 1.165) is 34.0 Å². The van der Waals surface area contributed by atoms with Crippen LogP contribution in [0.5, 0.6) is 5.75 Å². The maximum Gasteiger partial charge on any atom is 0.315 e. The SMILES string of the molecule is C#CCOc1ccc(CCNC(=O)NCc2csc(-c3ccccc3)n2)cc1. The van der Waals surface area contributed by atoms with Gasteiger partial charge in [0.2, 0.25) is 0 Å². The first-order valence-corrected chi connectivity index (χ1v) is 9.79. The molecule has 0 bridgehead atoms. The highest BCUT2D eigenvalue weighted by Crippen LogP contribution is 2.23. The Morgan fingerprint density at radius 2 is 1.89 bits per heavy atom. The van der Waals surface area contributed by atoms with Crippen molar-refractivity contribution in [1.82, 2.24) is 15.6 Å². The standard InChI is InChI=1S/C22H21N3O2S/c1-2-14-27-20-10-8-17(9-11-20)12-13-23-22(26)24-15-19-16-28-21(25-19)18-6-4-3-5-7-18/h1,3-11,16H,12-15H2,(H2,23,24,26). The molecule has 1 heterocycles. The van der Waals surface area contributed by atoms with E-state index in [9.17, 15) is 4.79 Å². The molecule has 1 aromatic heterocycles. The summed E-state index contributed by atoms with van der Waals surface area (Å²) in [5, 5.41) is 8.61. The van der Waals surface area contributed by atoms with E-state index in [1.54, 1.807) is 11.3 Å². The Balaban J connectivity index is 1.38. The first-order valence-electron chi connectivity index (χ1n) is 8.91. The maximum absolute atomic E-state index is 12.0. The fourth-order valence-electron chi connectivity index (χ4n) is 2.53. The Morgan fingerprint density at radius 3 is 2.64 bits per heavy atom. The molecular formula is C22H21N3O2S. The minimum atomic E-state index is -0.205. The third-order valence-electron chi connectivity index (χ3n) is 3.95. The average Bonchev–Trinajstić information content (AvgIpc) is 3.21. The summed E-state index contributed by atoms with van der Waals surface area (Å²) < 4.78 is 5.34. The summed E-state index contributed by atoms with van der Waals surface area (Å²) in [6, 6.07) is 17.5. The number of hydrogen-bond donors (Lipinski definition) is 2. The molecule has 3 rings (SSSR count). The minimum absolute atomic E-state index is 0.205. The Labute approximate surface area is 168 Å². The average molecular weight is 391 g/mol. The Kier molecular flexibility index (Phi) is 7.05. The lowest BCUT2D eigenvalue weighted by Gasteiger charge is -2.07. The predicted octanol–water partition coefficient (Wildman–Crippen LogP) is 3.86. The van der Waals surface area contributed by atoms with Crippen molar-refractivity contribution >= 4 is 17.4 Å². The second kappa shape index (κ2) is 10.1. The van der Waals surface area contributed by atoms with Crippen LogP contribution < -0.4 is 15.4 Å². The van der Waals surface area contributed by atoms with Crippen molar-refractivity contribution in [3.63, 3.8) is 0 Å². The number of urea groups is 1. The summed E-state index contributed by atoms with van der Waals surface area (Å²) in [6.07, 6.45) is 5.90. The van der Waals surface area contributed by atoms with Crippen LogP contribution in [0.15, 0.2) is 60.0 Å². The monoisotopic (exact) mass is 391 g/mol. The predicted molar refractivity (Wildman–Crippen MR) is 112 cm³/mol. The quantitative estimate of drug-likeness (QED) is 0.573. The van der Waals surface area contributed by atoms with Gasteiger partial charge in [-0.05, 0) is 24.1 Å². The molecule has 28 heavy (non-hydrogen) atoms. The third-order valence-corrected chi connectivity index (χ3v) is 4.89. The summed E-state index contributed by atoms with van der Waals surface area (Å²) >= 11 is 1.57. The van der Waals surface area contributed by atoms with Gasteiger partial charge in [0.25, 0.3) is 0 Å². The Bertz CT molecular complexity index is 930. The molecule has 0 aliphatic carbocycles. The van der Waals surface area contributed by atoms with E-state index in [4.69, 9.17) is 11.2 Å². The van der Waals surface area contributed by atoms with Gasteiger partial charge in [-0.15, -0.1) is 17.8 Å². The number of nitrogens with zero attached hydrogens (tertiary/aromatic N) is 1. The lowest BCUT2D eigenvalue weighted by Crippen LogP contribution is -2.36. The van der Waals surface area contributed by atoms with Crippen molar-refractivity contribution < 1.29 is 9.53 Å².